The first-order valence-electron chi connectivity index (χ1n) is 4.60. The van der Waals surface area contributed by atoms with E-state index in [0.29, 0.717) is 39.3 Å². The Morgan fingerprint density at radius 1 is 0.733 bits per heavy atom. The number of aliphatic hydroxyl groups excluding tert-OH is 2. The zero-order chi connectivity index (χ0) is 11.1. The summed E-state index contributed by atoms with van der Waals surface area (Å²) in [4.78, 5) is 0. The standard InChI is InChI=1S/2C4H10N2O.Ni/c2*5-1-2-6-3-4-7;/h2*5,7H,1-4H2;/q2*-2;+2. The molecule has 4 N–H and O–H groups in total. The van der Waals surface area contributed by atoms with Crippen molar-refractivity contribution in [3.05, 3.63) is 22.1 Å². The average molecular weight is 263 g/mol. The number of nitrogens with zero attached hydrogens (tertiary/aromatic N) is 2. The van der Waals surface area contributed by atoms with E-state index in [9.17, 15) is 0 Å². The van der Waals surface area contributed by atoms with Gasteiger partial charge in [0.2, 0.25) is 0 Å². The molecule has 0 aromatic carbocycles. The van der Waals surface area contributed by atoms with Crippen molar-refractivity contribution in [3.63, 3.8) is 0 Å². The van der Waals surface area contributed by atoms with Crippen LogP contribution in [0.3, 0.4) is 0 Å². The Balaban J connectivity index is -0.000000180. The Hall–Kier alpha value is 0.254. The Bertz CT molecular complexity index is 73.0. The molecule has 0 aromatic rings. The van der Waals surface area contributed by atoms with Gasteiger partial charge in [-0.25, -0.2) is 0 Å². The summed E-state index contributed by atoms with van der Waals surface area (Å²) >= 11 is 0. The molecule has 6 nitrogen and oxygen atoms in total. The number of hydrogen-bond donors (Lipinski definition) is 2. The minimum Gasteiger partial charge on any atom is -0.679 e. The molecule has 0 amide bonds. The van der Waals surface area contributed by atoms with Crippen LogP contribution < -0.4 is 0 Å². The molecular formula is C8H20N4NiO2-2. The molecule has 0 saturated heterocycles. The van der Waals surface area contributed by atoms with Crippen molar-refractivity contribution in [2.45, 2.75) is 0 Å². The molecule has 0 saturated carbocycles. The van der Waals surface area contributed by atoms with Crippen molar-refractivity contribution < 1.29 is 26.7 Å². The fourth-order valence-corrected chi connectivity index (χ4v) is 0.523. The van der Waals surface area contributed by atoms with Crippen LogP contribution in [-0.4, -0.2) is 62.7 Å². The van der Waals surface area contributed by atoms with E-state index in [1.807, 2.05) is 0 Å². The molecule has 0 heterocycles. The van der Waals surface area contributed by atoms with Crippen LogP contribution in [0, 0.1) is 0 Å². The SMILES string of the molecule is [NH-]CC[N-]CCO.[NH-]CC[N-]CCO.[Ni+2]. The zero-order valence-electron chi connectivity index (χ0n) is 8.76. The molecule has 0 aliphatic carbocycles. The van der Waals surface area contributed by atoms with Crippen molar-refractivity contribution in [2.24, 2.45) is 0 Å². The third-order valence-electron chi connectivity index (χ3n) is 1.06. The van der Waals surface area contributed by atoms with E-state index in [0.717, 1.165) is 0 Å². The molecule has 0 unspecified atom stereocenters. The second-order valence-electron chi connectivity index (χ2n) is 2.29. The molecule has 0 fully saturated rings. The molecule has 0 spiro atoms. The first-order chi connectivity index (χ1) is 6.83. The Labute approximate surface area is 102 Å². The molecule has 96 valence electrons. The van der Waals surface area contributed by atoms with E-state index < -0.39 is 0 Å². The second kappa shape index (κ2) is 23.8. The smallest absolute Gasteiger partial charge is 0.679 e. The number of rotatable bonds is 8. The maximum atomic E-state index is 8.14. The molecule has 0 rings (SSSR count). The van der Waals surface area contributed by atoms with Gasteiger partial charge in [0.1, 0.15) is 0 Å². The topological polar surface area (TPSA) is 116 Å². The van der Waals surface area contributed by atoms with Crippen LogP contribution in [0.4, 0.5) is 0 Å². The van der Waals surface area contributed by atoms with Gasteiger partial charge in [0.15, 0.2) is 0 Å². The van der Waals surface area contributed by atoms with Crippen LogP contribution in [0.25, 0.3) is 22.1 Å². The van der Waals surface area contributed by atoms with Gasteiger partial charge in [-0.05, 0) is 0 Å². The summed E-state index contributed by atoms with van der Waals surface area (Å²) in [6.45, 7) is 2.97. The molecule has 7 heteroatoms. The summed E-state index contributed by atoms with van der Waals surface area (Å²) in [6.07, 6.45) is 0. The first-order valence-corrected chi connectivity index (χ1v) is 4.60. The maximum absolute atomic E-state index is 8.14. The van der Waals surface area contributed by atoms with Gasteiger partial charge in [0, 0.05) is 13.2 Å². The van der Waals surface area contributed by atoms with Crippen LogP contribution in [0.15, 0.2) is 0 Å². The van der Waals surface area contributed by atoms with Gasteiger partial charge in [0.05, 0.1) is 0 Å². The molecule has 15 heavy (non-hydrogen) atoms. The molecule has 0 bridgehead atoms. The molecule has 0 aliphatic heterocycles. The van der Waals surface area contributed by atoms with Gasteiger partial charge in [-0.2, -0.15) is 26.2 Å². The summed E-state index contributed by atoms with van der Waals surface area (Å²) in [5.74, 6) is 0. The Morgan fingerprint density at radius 2 is 1.07 bits per heavy atom. The van der Waals surface area contributed by atoms with Crippen LogP contribution >= 0.6 is 0 Å². The van der Waals surface area contributed by atoms with Crippen molar-refractivity contribution in [1.29, 1.82) is 0 Å². The fourth-order valence-electron chi connectivity index (χ4n) is 0.523. The minimum atomic E-state index is 0. The average Bonchev–Trinajstić information content (AvgIpc) is 2.21. The van der Waals surface area contributed by atoms with Crippen molar-refractivity contribution in [2.75, 3.05) is 52.5 Å². The van der Waals surface area contributed by atoms with E-state index in [4.69, 9.17) is 21.7 Å². The van der Waals surface area contributed by atoms with Crippen molar-refractivity contribution >= 4 is 0 Å². The quantitative estimate of drug-likeness (QED) is 0.498. The fraction of sp³-hybridized carbons (Fsp3) is 1.00. The molecule has 0 aromatic heterocycles. The third-order valence-corrected chi connectivity index (χ3v) is 1.06. The van der Waals surface area contributed by atoms with Crippen LogP contribution in [0.5, 0.6) is 0 Å². The van der Waals surface area contributed by atoms with Crippen molar-refractivity contribution in [1.82, 2.24) is 0 Å². The number of nitrogens with one attached hydrogen (secondary N) is 2. The number of hydrogen-bond acceptors (Lipinski definition) is 2. The zero-order valence-corrected chi connectivity index (χ0v) is 9.75. The normalized spacial score (nSPS) is 8.80. The van der Waals surface area contributed by atoms with E-state index in [1.165, 1.54) is 0 Å². The van der Waals surface area contributed by atoms with Crippen LogP contribution in [0.2, 0.25) is 0 Å². The first kappa shape index (κ1) is 20.6. The van der Waals surface area contributed by atoms with Crippen LogP contribution in [0.1, 0.15) is 0 Å². The largest absolute Gasteiger partial charge is 2.00 e. The summed E-state index contributed by atoms with van der Waals surface area (Å²) in [5.41, 5.74) is 13.2. The monoisotopic (exact) mass is 262 g/mol. The maximum Gasteiger partial charge on any atom is 2.00 e. The summed E-state index contributed by atoms with van der Waals surface area (Å²) in [5, 5.41) is 23.8. The van der Waals surface area contributed by atoms with Crippen LogP contribution in [-0.2, 0) is 16.5 Å². The van der Waals surface area contributed by atoms with E-state index in [1.54, 1.807) is 0 Å². The van der Waals surface area contributed by atoms with Crippen molar-refractivity contribution in [3.8, 4) is 0 Å². The second-order valence-corrected chi connectivity index (χ2v) is 2.29. The van der Waals surface area contributed by atoms with E-state index in [2.05, 4.69) is 10.6 Å². The Morgan fingerprint density at radius 3 is 1.27 bits per heavy atom. The summed E-state index contributed by atoms with van der Waals surface area (Å²) < 4.78 is 0. The van der Waals surface area contributed by atoms with Gasteiger partial charge < -0.3 is 32.3 Å². The van der Waals surface area contributed by atoms with Gasteiger partial charge in [0.25, 0.3) is 0 Å². The summed E-state index contributed by atoms with van der Waals surface area (Å²) in [6, 6.07) is 0. The van der Waals surface area contributed by atoms with Gasteiger partial charge in [-0.15, -0.1) is 13.1 Å². The molecule has 0 aliphatic rings. The minimum absolute atomic E-state index is 0. The molecular weight excluding hydrogens is 243 g/mol. The van der Waals surface area contributed by atoms with Gasteiger partial charge in [-0.1, -0.05) is 0 Å². The van der Waals surface area contributed by atoms with Gasteiger partial charge in [-0.3, -0.25) is 0 Å². The predicted molar refractivity (Wildman–Crippen MR) is 58.7 cm³/mol. The molecule has 0 radical (unpaired) electrons. The Kier molecular flexibility index (Phi) is 32.8. The third kappa shape index (κ3) is 31.4. The predicted octanol–water partition coefficient (Wildman–Crippen LogP) is 0.807. The summed E-state index contributed by atoms with van der Waals surface area (Å²) in [7, 11) is 0. The number of aliphatic hydroxyl groups is 2. The molecule has 0 atom stereocenters. The van der Waals surface area contributed by atoms with E-state index >= 15 is 0 Å². The van der Waals surface area contributed by atoms with E-state index in [-0.39, 0.29) is 29.7 Å². The van der Waals surface area contributed by atoms with Gasteiger partial charge >= 0.3 is 16.5 Å².